The van der Waals surface area contributed by atoms with Crippen molar-refractivity contribution in [1.82, 2.24) is 5.32 Å². The van der Waals surface area contributed by atoms with Gasteiger partial charge in [0.15, 0.2) is 0 Å². The summed E-state index contributed by atoms with van der Waals surface area (Å²) in [5.41, 5.74) is 0.953. The highest BCUT2D eigenvalue weighted by Gasteiger charge is 2.19. The quantitative estimate of drug-likeness (QED) is 0.584. The van der Waals surface area contributed by atoms with Crippen molar-refractivity contribution in [2.45, 2.75) is 33.1 Å². The molecular weight excluding hydrogens is 254 g/mol. The Kier molecular flexibility index (Phi) is 7.43. The average Bonchev–Trinajstić information content (AvgIpc) is 2.46. The van der Waals surface area contributed by atoms with Gasteiger partial charge in [-0.2, -0.15) is 0 Å². The molecule has 0 aliphatic heterocycles. The molecule has 0 bridgehead atoms. The number of carbonyl (C=O) groups excluding carboxylic acids is 1. The first kappa shape index (κ1) is 16.2. The topological polar surface area (TPSA) is 47.6 Å². The lowest BCUT2D eigenvalue weighted by molar-refractivity contribution is 0.000258. The van der Waals surface area contributed by atoms with Gasteiger partial charge in [0.2, 0.25) is 0 Å². The van der Waals surface area contributed by atoms with Gasteiger partial charge >= 0.3 is 6.09 Å². The lowest BCUT2D eigenvalue weighted by Gasteiger charge is -2.23. The third-order valence-corrected chi connectivity index (χ3v) is 2.87. The molecule has 0 saturated carbocycles. The first-order chi connectivity index (χ1) is 9.67. The molecule has 2 unspecified atom stereocenters. The van der Waals surface area contributed by atoms with Gasteiger partial charge in [0.25, 0.3) is 0 Å². The molecule has 1 aromatic carbocycles. The Morgan fingerprint density at radius 3 is 2.70 bits per heavy atom. The average molecular weight is 277 g/mol. The van der Waals surface area contributed by atoms with Gasteiger partial charge in [0, 0.05) is 12.5 Å². The van der Waals surface area contributed by atoms with Crippen LogP contribution in [-0.2, 0) is 16.1 Å². The van der Waals surface area contributed by atoms with Crippen LogP contribution in [0.5, 0.6) is 0 Å². The summed E-state index contributed by atoms with van der Waals surface area (Å²) in [5, 5.41) is 2.74. The molecule has 1 rings (SSSR count). The van der Waals surface area contributed by atoms with E-state index in [4.69, 9.17) is 9.47 Å². The van der Waals surface area contributed by atoms with Crippen molar-refractivity contribution in [1.29, 1.82) is 0 Å². The molecule has 110 valence electrons. The smallest absolute Gasteiger partial charge is 0.409 e. The Hall–Kier alpha value is -1.81. The monoisotopic (exact) mass is 277 g/mol. The highest BCUT2D eigenvalue weighted by Crippen LogP contribution is 2.10. The summed E-state index contributed by atoms with van der Waals surface area (Å²) in [6.07, 6.45) is 1.75. The Morgan fingerprint density at radius 2 is 2.10 bits per heavy atom. The maximum atomic E-state index is 11.8. The highest BCUT2D eigenvalue weighted by atomic mass is 16.6. The summed E-state index contributed by atoms with van der Waals surface area (Å²) in [5.74, 6) is 0.150. The van der Waals surface area contributed by atoms with Crippen LogP contribution >= 0.6 is 0 Å². The van der Waals surface area contributed by atoms with E-state index in [-0.39, 0.29) is 18.8 Å². The molecule has 0 fully saturated rings. The van der Waals surface area contributed by atoms with E-state index >= 15 is 0 Å². The molecule has 0 aliphatic rings. The zero-order chi connectivity index (χ0) is 14.8. The highest BCUT2D eigenvalue weighted by molar-refractivity contribution is 5.67. The number of amides is 1. The van der Waals surface area contributed by atoms with Crippen molar-refractivity contribution in [2.75, 3.05) is 6.61 Å². The maximum Gasteiger partial charge on any atom is 0.409 e. The lowest BCUT2D eigenvalue weighted by atomic mass is 10.1. The number of nitrogens with one attached hydrogen (secondary N) is 1. The number of hydrogen-bond acceptors (Lipinski definition) is 3. The van der Waals surface area contributed by atoms with Gasteiger partial charge in [-0.25, -0.2) is 4.79 Å². The molecule has 20 heavy (non-hydrogen) atoms. The Balaban J connectivity index is 2.43. The molecule has 0 saturated heterocycles. The van der Waals surface area contributed by atoms with E-state index in [0.29, 0.717) is 6.61 Å². The van der Waals surface area contributed by atoms with Crippen LogP contribution in [0.3, 0.4) is 0 Å². The van der Waals surface area contributed by atoms with Gasteiger partial charge in [0.1, 0.15) is 12.8 Å². The fourth-order valence-corrected chi connectivity index (χ4v) is 1.80. The molecule has 4 heteroatoms. The second-order valence-electron chi connectivity index (χ2n) is 4.58. The van der Waals surface area contributed by atoms with Crippen molar-refractivity contribution in [3.05, 3.63) is 48.6 Å². The fraction of sp³-hybridized carbons (Fsp3) is 0.438. The van der Waals surface area contributed by atoms with Crippen molar-refractivity contribution in [3.63, 3.8) is 0 Å². The summed E-state index contributed by atoms with van der Waals surface area (Å²) in [4.78, 5) is 11.8. The van der Waals surface area contributed by atoms with Crippen LogP contribution in [-0.4, -0.2) is 18.9 Å². The van der Waals surface area contributed by atoms with Crippen LogP contribution in [0, 0.1) is 5.92 Å². The van der Waals surface area contributed by atoms with E-state index in [2.05, 4.69) is 11.9 Å². The van der Waals surface area contributed by atoms with Gasteiger partial charge in [0.05, 0.1) is 0 Å². The van der Waals surface area contributed by atoms with Gasteiger partial charge in [-0.15, -0.1) is 6.58 Å². The van der Waals surface area contributed by atoms with Gasteiger partial charge in [-0.3, -0.25) is 5.32 Å². The molecule has 1 amide bonds. The standard InChI is InChI=1S/C16H23NO3/c1-4-9-13(3)15(19-5-2)17-16(18)20-12-14-10-7-6-8-11-14/h4,6-8,10-11,13,15H,1,5,9,12H2,2-3H3,(H,17,18). The molecule has 4 nitrogen and oxygen atoms in total. The van der Waals surface area contributed by atoms with E-state index in [1.165, 1.54) is 0 Å². The minimum absolute atomic E-state index is 0.150. The number of ether oxygens (including phenoxy) is 2. The molecule has 0 spiro atoms. The second kappa shape index (κ2) is 9.15. The minimum atomic E-state index is -0.469. The van der Waals surface area contributed by atoms with Crippen LogP contribution in [0.15, 0.2) is 43.0 Å². The molecular formula is C16H23NO3. The van der Waals surface area contributed by atoms with Crippen LogP contribution < -0.4 is 5.32 Å². The van der Waals surface area contributed by atoms with Gasteiger partial charge < -0.3 is 9.47 Å². The number of rotatable bonds is 8. The SMILES string of the molecule is C=CCC(C)C(NC(=O)OCc1ccccc1)OCC. The molecule has 0 radical (unpaired) electrons. The molecule has 0 aliphatic carbocycles. The summed E-state index contributed by atoms with van der Waals surface area (Å²) < 4.78 is 10.7. The van der Waals surface area contributed by atoms with Crippen LogP contribution in [0.1, 0.15) is 25.8 Å². The van der Waals surface area contributed by atoms with Gasteiger partial charge in [-0.05, 0) is 18.9 Å². The van der Waals surface area contributed by atoms with Crippen molar-refractivity contribution < 1.29 is 14.3 Å². The molecule has 1 N–H and O–H groups in total. The summed E-state index contributed by atoms with van der Waals surface area (Å²) in [6, 6.07) is 9.56. The van der Waals surface area contributed by atoms with Crippen molar-refractivity contribution in [3.8, 4) is 0 Å². The first-order valence-electron chi connectivity index (χ1n) is 6.87. The van der Waals surface area contributed by atoms with E-state index in [9.17, 15) is 4.79 Å². The van der Waals surface area contributed by atoms with Crippen molar-refractivity contribution in [2.24, 2.45) is 5.92 Å². The Bertz CT molecular complexity index is 405. The van der Waals surface area contributed by atoms with Crippen LogP contribution in [0.4, 0.5) is 4.79 Å². The van der Waals surface area contributed by atoms with E-state index in [1.54, 1.807) is 0 Å². The summed E-state index contributed by atoms with van der Waals surface area (Å²) in [7, 11) is 0. The number of hydrogen-bond donors (Lipinski definition) is 1. The normalized spacial score (nSPS) is 13.3. The fourth-order valence-electron chi connectivity index (χ4n) is 1.80. The maximum absolute atomic E-state index is 11.8. The van der Waals surface area contributed by atoms with Gasteiger partial charge in [-0.1, -0.05) is 43.3 Å². The zero-order valence-electron chi connectivity index (χ0n) is 12.2. The Morgan fingerprint density at radius 1 is 1.40 bits per heavy atom. The van der Waals surface area contributed by atoms with Crippen LogP contribution in [0.25, 0.3) is 0 Å². The summed E-state index contributed by atoms with van der Waals surface area (Å²) in [6.45, 7) is 8.38. The summed E-state index contributed by atoms with van der Waals surface area (Å²) >= 11 is 0. The third-order valence-electron chi connectivity index (χ3n) is 2.87. The largest absolute Gasteiger partial charge is 0.445 e. The predicted molar refractivity (Wildman–Crippen MR) is 79.2 cm³/mol. The molecule has 1 aromatic rings. The van der Waals surface area contributed by atoms with Crippen molar-refractivity contribution >= 4 is 6.09 Å². The molecule has 0 heterocycles. The minimum Gasteiger partial charge on any atom is -0.445 e. The van der Waals surface area contributed by atoms with E-state index in [1.807, 2.05) is 50.3 Å². The number of carbonyl (C=O) groups is 1. The van der Waals surface area contributed by atoms with E-state index in [0.717, 1.165) is 12.0 Å². The van der Waals surface area contributed by atoms with Crippen LogP contribution in [0.2, 0.25) is 0 Å². The zero-order valence-corrected chi connectivity index (χ0v) is 12.2. The number of alkyl carbamates (subject to hydrolysis) is 1. The second-order valence-corrected chi connectivity index (χ2v) is 4.58. The molecule has 2 atom stereocenters. The number of allylic oxidation sites excluding steroid dienone is 1. The van der Waals surface area contributed by atoms with E-state index < -0.39 is 6.09 Å². The number of benzene rings is 1. The lowest BCUT2D eigenvalue weighted by Crippen LogP contribution is -2.41. The Labute approximate surface area is 120 Å². The predicted octanol–water partition coefficient (Wildman–Crippen LogP) is 3.49. The molecule has 0 aromatic heterocycles. The third kappa shape index (κ3) is 5.89. The first-order valence-corrected chi connectivity index (χ1v) is 6.87.